The van der Waals surface area contributed by atoms with Gasteiger partial charge in [-0.1, -0.05) is 17.7 Å². The van der Waals surface area contributed by atoms with Gasteiger partial charge in [-0.05, 0) is 47.4 Å². The van der Waals surface area contributed by atoms with E-state index in [1.807, 2.05) is 11.0 Å². The summed E-state index contributed by atoms with van der Waals surface area (Å²) in [5.41, 5.74) is 3.59. The van der Waals surface area contributed by atoms with E-state index in [1.54, 1.807) is 26.4 Å². The lowest BCUT2D eigenvalue weighted by atomic mass is 9.89. The Balaban J connectivity index is 1.53. The van der Waals surface area contributed by atoms with Gasteiger partial charge in [0.1, 0.15) is 24.1 Å². The molecular formula is C27H32ClN2O4+. The Labute approximate surface area is 206 Å². The number of hydrogen-bond donors (Lipinski definition) is 0. The molecular weight excluding hydrogens is 452 g/mol. The predicted octanol–water partition coefficient (Wildman–Crippen LogP) is 4.39. The molecule has 0 aromatic heterocycles. The molecule has 2 aromatic carbocycles. The summed E-state index contributed by atoms with van der Waals surface area (Å²) in [4.78, 5) is 28.9. The molecule has 6 nitrogen and oxygen atoms in total. The summed E-state index contributed by atoms with van der Waals surface area (Å²) in [6, 6.07) is 9.60. The molecule has 1 saturated heterocycles. The lowest BCUT2D eigenvalue weighted by molar-refractivity contribution is -0.900. The van der Waals surface area contributed by atoms with E-state index in [2.05, 4.69) is 19.2 Å². The van der Waals surface area contributed by atoms with Crippen molar-refractivity contribution in [2.75, 3.05) is 47.4 Å². The van der Waals surface area contributed by atoms with Gasteiger partial charge < -0.3 is 18.9 Å². The number of benzene rings is 2. The van der Waals surface area contributed by atoms with Crippen LogP contribution in [0.1, 0.15) is 58.3 Å². The topological polar surface area (TPSA) is 55.8 Å². The van der Waals surface area contributed by atoms with E-state index in [4.69, 9.17) is 21.1 Å². The molecule has 1 fully saturated rings. The first-order valence-corrected chi connectivity index (χ1v) is 12.4. The third-order valence-corrected chi connectivity index (χ3v) is 8.34. The Morgan fingerprint density at radius 2 is 1.91 bits per heavy atom. The number of ether oxygens (including phenoxy) is 2. The Morgan fingerprint density at radius 3 is 2.62 bits per heavy atom. The summed E-state index contributed by atoms with van der Waals surface area (Å²) >= 11 is 6.64. The largest absolute Gasteiger partial charge is 0.497 e. The predicted molar refractivity (Wildman–Crippen MR) is 131 cm³/mol. The van der Waals surface area contributed by atoms with Gasteiger partial charge in [0.2, 0.25) is 5.91 Å². The van der Waals surface area contributed by atoms with Gasteiger partial charge in [-0.25, -0.2) is 0 Å². The van der Waals surface area contributed by atoms with Crippen LogP contribution in [-0.2, 0) is 11.2 Å². The zero-order valence-corrected chi connectivity index (χ0v) is 20.9. The highest BCUT2D eigenvalue weighted by atomic mass is 35.5. The number of halogens is 1. The van der Waals surface area contributed by atoms with Gasteiger partial charge >= 0.3 is 0 Å². The monoisotopic (exact) mass is 483 g/mol. The van der Waals surface area contributed by atoms with Crippen molar-refractivity contribution in [1.82, 2.24) is 4.90 Å². The van der Waals surface area contributed by atoms with Crippen LogP contribution in [-0.4, -0.2) is 68.5 Å². The van der Waals surface area contributed by atoms with Crippen molar-refractivity contribution in [3.05, 3.63) is 57.6 Å². The van der Waals surface area contributed by atoms with E-state index >= 15 is 0 Å². The van der Waals surface area contributed by atoms with Crippen LogP contribution in [0.25, 0.3) is 0 Å². The van der Waals surface area contributed by atoms with Crippen molar-refractivity contribution in [2.45, 2.75) is 37.6 Å². The molecule has 1 aliphatic carbocycles. The Hall–Kier alpha value is -2.57. The number of quaternary nitrogens is 1. The van der Waals surface area contributed by atoms with Crippen molar-refractivity contribution in [3.63, 3.8) is 0 Å². The first-order valence-electron chi connectivity index (χ1n) is 12.1. The standard InChI is InChI=1S/C27H32ClN2O4/c1-30(12-4-5-13-30)16-22-19-7-6-18(33-2)14-17(19)10-11-29(22)27(32)21-15-23(31)20-8-9-24(34-3)26(28)25(20)21/h6-9,14,21-22H,4-5,10-13,15-16H2,1-3H3/q+1. The fourth-order valence-corrected chi connectivity index (χ4v) is 6.47. The van der Waals surface area contributed by atoms with E-state index < -0.39 is 5.92 Å². The number of likely N-dealkylation sites (tertiary alicyclic amines) is 1. The molecule has 180 valence electrons. The average molecular weight is 484 g/mol. The number of ketones is 1. The molecule has 1 amide bonds. The second kappa shape index (κ2) is 8.90. The maximum atomic E-state index is 14.1. The van der Waals surface area contributed by atoms with Gasteiger partial charge in [-0.3, -0.25) is 9.59 Å². The van der Waals surface area contributed by atoms with E-state index in [1.165, 1.54) is 24.0 Å². The number of fused-ring (bicyclic) bond motifs is 2. The molecule has 0 N–H and O–H groups in total. The highest BCUT2D eigenvalue weighted by Crippen LogP contribution is 2.45. The fraction of sp³-hybridized carbons (Fsp3) is 0.481. The van der Waals surface area contributed by atoms with E-state index in [-0.39, 0.29) is 24.2 Å². The fourth-order valence-electron chi connectivity index (χ4n) is 6.10. The Kier molecular flexibility index (Phi) is 6.07. The summed E-state index contributed by atoms with van der Waals surface area (Å²) in [5, 5.41) is 0.376. The van der Waals surface area contributed by atoms with Gasteiger partial charge in [0, 0.05) is 31.4 Å². The molecule has 2 atom stereocenters. The highest BCUT2D eigenvalue weighted by Gasteiger charge is 2.44. The van der Waals surface area contributed by atoms with E-state index in [0.717, 1.165) is 36.3 Å². The SMILES string of the molecule is COc1ccc2c(c1)CCN(C(=O)C1CC(=O)c3ccc(OC)c(Cl)c31)C2C[N+]1(C)CCCC1. The van der Waals surface area contributed by atoms with Gasteiger partial charge in [0.25, 0.3) is 0 Å². The molecule has 2 unspecified atom stereocenters. The molecule has 0 saturated carbocycles. The molecule has 2 aliphatic heterocycles. The maximum absolute atomic E-state index is 14.1. The lowest BCUT2D eigenvalue weighted by Gasteiger charge is -2.43. The first-order chi connectivity index (χ1) is 16.3. The van der Waals surface area contributed by atoms with E-state index in [0.29, 0.717) is 28.4 Å². The van der Waals surface area contributed by atoms with Crippen LogP contribution >= 0.6 is 11.6 Å². The second-order valence-corrected chi connectivity index (χ2v) is 10.4. The minimum Gasteiger partial charge on any atom is -0.497 e. The summed E-state index contributed by atoms with van der Waals surface area (Å²) in [6.07, 6.45) is 3.35. The highest BCUT2D eigenvalue weighted by molar-refractivity contribution is 6.34. The normalized spacial score (nSPS) is 22.9. The number of carbonyl (C=O) groups is 2. The number of amides is 1. The molecule has 0 bridgehead atoms. The number of likely N-dealkylation sites (N-methyl/N-ethyl adjacent to an activating group) is 1. The van der Waals surface area contributed by atoms with Crippen molar-refractivity contribution in [1.29, 1.82) is 0 Å². The van der Waals surface area contributed by atoms with Crippen molar-refractivity contribution >= 4 is 23.3 Å². The summed E-state index contributed by atoms with van der Waals surface area (Å²) in [7, 11) is 5.53. The molecule has 3 aliphatic rings. The van der Waals surface area contributed by atoms with Crippen molar-refractivity contribution in [2.24, 2.45) is 0 Å². The lowest BCUT2D eigenvalue weighted by Crippen LogP contribution is -2.52. The quantitative estimate of drug-likeness (QED) is 0.592. The van der Waals surface area contributed by atoms with Gasteiger partial charge in [-0.2, -0.15) is 0 Å². The second-order valence-electron chi connectivity index (χ2n) is 10.0. The van der Waals surface area contributed by atoms with Crippen LogP contribution in [0.4, 0.5) is 0 Å². The third-order valence-electron chi connectivity index (χ3n) is 7.95. The number of methoxy groups -OCH3 is 2. The molecule has 2 heterocycles. The van der Waals surface area contributed by atoms with Gasteiger partial charge in [0.15, 0.2) is 5.78 Å². The van der Waals surface area contributed by atoms with Crippen molar-refractivity contribution in [3.8, 4) is 11.5 Å². The average Bonchev–Trinajstić information content (AvgIpc) is 3.42. The summed E-state index contributed by atoms with van der Waals surface area (Å²) in [6.45, 7) is 3.73. The number of nitrogens with zero attached hydrogens (tertiary/aromatic N) is 2. The zero-order valence-electron chi connectivity index (χ0n) is 20.1. The van der Waals surface area contributed by atoms with Crippen LogP contribution in [0, 0.1) is 0 Å². The maximum Gasteiger partial charge on any atom is 0.231 e. The molecule has 0 spiro atoms. The van der Waals surface area contributed by atoms with E-state index in [9.17, 15) is 9.59 Å². The van der Waals surface area contributed by atoms with Crippen molar-refractivity contribution < 1.29 is 23.5 Å². The molecule has 7 heteroatoms. The molecule has 2 aromatic rings. The number of rotatable bonds is 5. The number of carbonyl (C=O) groups excluding carboxylic acids is 2. The third kappa shape index (κ3) is 3.87. The van der Waals surface area contributed by atoms with Crippen LogP contribution in [0.3, 0.4) is 0 Å². The molecule has 0 radical (unpaired) electrons. The minimum absolute atomic E-state index is 0.0143. The number of hydrogen-bond acceptors (Lipinski definition) is 4. The summed E-state index contributed by atoms with van der Waals surface area (Å²) in [5.74, 6) is 0.717. The smallest absolute Gasteiger partial charge is 0.231 e. The van der Waals surface area contributed by atoms with Gasteiger partial charge in [-0.15, -0.1) is 0 Å². The van der Waals surface area contributed by atoms with Crippen LogP contribution in [0.15, 0.2) is 30.3 Å². The summed E-state index contributed by atoms with van der Waals surface area (Å²) < 4.78 is 11.8. The Bertz CT molecular complexity index is 1140. The van der Waals surface area contributed by atoms with Crippen LogP contribution in [0.2, 0.25) is 5.02 Å². The zero-order chi connectivity index (χ0) is 24.0. The first kappa shape index (κ1) is 23.2. The van der Waals surface area contributed by atoms with Gasteiger partial charge in [0.05, 0.1) is 45.3 Å². The molecule has 34 heavy (non-hydrogen) atoms. The molecule has 5 rings (SSSR count). The Morgan fingerprint density at radius 1 is 1.15 bits per heavy atom. The number of Topliss-reactive ketones (excluding diaryl/α,β-unsaturated/α-hetero) is 1. The minimum atomic E-state index is -0.573. The van der Waals surface area contributed by atoms with Crippen LogP contribution in [0.5, 0.6) is 11.5 Å². The van der Waals surface area contributed by atoms with Crippen LogP contribution < -0.4 is 9.47 Å².